The molecule has 0 N–H and O–H groups in total. The molecule has 6 heteroatoms. The summed E-state index contributed by atoms with van der Waals surface area (Å²) < 4.78 is 26.4. The quantitative estimate of drug-likeness (QED) is 0.787. The molecule has 2 heterocycles. The van der Waals surface area contributed by atoms with Crippen LogP contribution in [0, 0.1) is 17.6 Å². The van der Waals surface area contributed by atoms with Gasteiger partial charge in [-0.1, -0.05) is 6.92 Å². The molecule has 2 aliphatic rings. The predicted octanol–water partition coefficient (Wildman–Crippen LogP) is 2.33. The molecule has 1 aromatic rings. The van der Waals surface area contributed by atoms with Crippen molar-refractivity contribution < 1.29 is 18.4 Å². The number of amides is 2. The summed E-state index contributed by atoms with van der Waals surface area (Å²) in [5, 5.41) is 0. The molecule has 0 spiro atoms. The van der Waals surface area contributed by atoms with Gasteiger partial charge in [-0.3, -0.25) is 14.5 Å². The summed E-state index contributed by atoms with van der Waals surface area (Å²) in [4.78, 5) is 27.8. The SMILES string of the molecule is C[C@H]1CCCN([C@H]2CC(=O)N(c3ccc(F)c(F)c3)C2=O)C1. The van der Waals surface area contributed by atoms with Crippen molar-refractivity contribution in [3.8, 4) is 0 Å². The lowest BCUT2D eigenvalue weighted by molar-refractivity contribution is -0.123. The van der Waals surface area contributed by atoms with Crippen molar-refractivity contribution in [1.29, 1.82) is 0 Å². The van der Waals surface area contributed by atoms with E-state index in [1.165, 1.54) is 6.07 Å². The highest BCUT2D eigenvalue weighted by molar-refractivity contribution is 6.22. The van der Waals surface area contributed by atoms with Gasteiger partial charge in [-0.15, -0.1) is 0 Å². The molecule has 2 atom stereocenters. The van der Waals surface area contributed by atoms with Crippen LogP contribution in [-0.4, -0.2) is 35.8 Å². The van der Waals surface area contributed by atoms with Gasteiger partial charge in [-0.2, -0.15) is 0 Å². The molecule has 0 unspecified atom stereocenters. The first-order valence-electron chi connectivity index (χ1n) is 7.53. The monoisotopic (exact) mass is 308 g/mol. The van der Waals surface area contributed by atoms with Gasteiger partial charge >= 0.3 is 0 Å². The standard InChI is InChI=1S/C16H18F2N2O2/c1-10-3-2-6-19(9-10)14-8-15(21)20(16(14)22)11-4-5-12(17)13(18)7-11/h4-5,7,10,14H,2-3,6,8-9H2,1H3/t10-,14-/m0/s1. The molecule has 0 bridgehead atoms. The number of benzene rings is 1. The van der Waals surface area contributed by atoms with Crippen molar-refractivity contribution in [2.45, 2.75) is 32.2 Å². The highest BCUT2D eigenvalue weighted by Gasteiger charge is 2.43. The first-order valence-corrected chi connectivity index (χ1v) is 7.53. The highest BCUT2D eigenvalue weighted by Crippen LogP contribution is 2.29. The second kappa shape index (κ2) is 5.76. The lowest BCUT2D eigenvalue weighted by atomic mass is 9.98. The summed E-state index contributed by atoms with van der Waals surface area (Å²) in [6, 6.07) is 2.60. The molecule has 22 heavy (non-hydrogen) atoms. The molecular formula is C16H18F2N2O2. The third-order valence-corrected chi connectivity index (χ3v) is 4.41. The molecule has 2 fully saturated rings. The Labute approximate surface area is 127 Å². The Morgan fingerprint density at radius 1 is 1.18 bits per heavy atom. The van der Waals surface area contributed by atoms with Gasteiger partial charge in [0.25, 0.3) is 5.91 Å². The smallest absolute Gasteiger partial charge is 0.251 e. The number of nitrogens with zero attached hydrogens (tertiary/aromatic N) is 2. The van der Waals surface area contributed by atoms with Gasteiger partial charge in [0.2, 0.25) is 5.91 Å². The van der Waals surface area contributed by atoms with Crippen molar-refractivity contribution in [3.63, 3.8) is 0 Å². The van der Waals surface area contributed by atoms with Crippen LogP contribution in [0.2, 0.25) is 0 Å². The summed E-state index contributed by atoms with van der Waals surface area (Å²) in [6.07, 6.45) is 2.23. The number of rotatable bonds is 2. The Hall–Kier alpha value is -1.82. The number of piperidine rings is 1. The number of hydrogen-bond donors (Lipinski definition) is 0. The topological polar surface area (TPSA) is 40.6 Å². The number of carbonyl (C=O) groups excluding carboxylic acids is 2. The van der Waals surface area contributed by atoms with Crippen LogP contribution in [0.3, 0.4) is 0 Å². The van der Waals surface area contributed by atoms with Gasteiger partial charge in [0, 0.05) is 12.6 Å². The van der Waals surface area contributed by atoms with E-state index in [1.54, 1.807) is 0 Å². The maximum absolute atomic E-state index is 13.4. The fourth-order valence-corrected chi connectivity index (χ4v) is 3.31. The van der Waals surface area contributed by atoms with E-state index in [4.69, 9.17) is 0 Å². The average Bonchev–Trinajstić information content (AvgIpc) is 2.77. The Morgan fingerprint density at radius 2 is 1.95 bits per heavy atom. The van der Waals surface area contributed by atoms with Crippen LogP contribution in [0.5, 0.6) is 0 Å². The maximum Gasteiger partial charge on any atom is 0.251 e. The van der Waals surface area contributed by atoms with Crippen LogP contribution in [0.1, 0.15) is 26.2 Å². The summed E-state index contributed by atoms with van der Waals surface area (Å²) >= 11 is 0. The zero-order valence-electron chi connectivity index (χ0n) is 12.4. The average molecular weight is 308 g/mol. The van der Waals surface area contributed by atoms with Gasteiger partial charge in [0.1, 0.15) is 0 Å². The Balaban J connectivity index is 1.83. The van der Waals surface area contributed by atoms with Crippen LogP contribution < -0.4 is 4.90 Å². The number of carbonyl (C=O) groups is 2. The Kier molecular flexibility index (Phi) is 3.95. The molecule has 2 amide bonds. The molecule has 1 aromatic carbocycles. The molecule has 0 aliphatic carbocycles. The molecule has 2 aliphatic heterocycles. The molecule has 0 saturated carbocycles. The van der Waals surface area contributed by atoms with Crippen LogP contribution in [0.15, 0.2) is 18.2 Å². The van der Waals surface area contributed by atoms with Crippen LogP contribution >= 0.6 is 0 Å². The lowest BCUT2D eigenvalue weighted by Gasteiger charge is -2.34. The van der Waals surface area contributed by atoms with Gasteiger partial charge in [0.05, 0.1) is 18.2 Å². The van der Waals surface area contributed by atoms with Crippen LogP contribution in [0.25, 0.3) is 0 Å². The number of likely N-dealkylation sites (tertiary alicyclic amines) is 1. The summed E-state index contributed by atoms with van der Waals surface area (Å²) in [5.74, 6) is -2.27. The summed E-state index contributed by atoms with van der Waals surface area (Å²) in [6.45, 7) is 3.70. The third kappa shape index (κ3) is 2.63. The zero-order valence-corrected chi connectivity index (χ0v) is 12.4. The van der Waals surface area contributed by atoms with Crippen molar-refractivity contribution in [2.75, 3.05) is 18.0 Å². The number of halogens is 2. The zero-order chi connectivity index (χ0) is 15.9. The van der Waals surface area contributed by atoms with E-state index in [0.29, 0.717) is 5.92 Å². The van der Waals surface area contributed by atoms with E-state index in [9.17, 15) is 18.4 Å². The second-order valence-electron chi connectivity index (χ2n) is 6.13. The molecule has 2 saturated heterocycles. The molecule has 3 rings (SSSR count). The molecule has 118 valence electrons. The minimum atomic E-state index is -1.06. The van der Waals surface area contributed by atoms with Crippen molar-refractivity contribution in [2.24, 2.45) is 5.92 Å². The van der Waals surface area contributed by atoms with Gasteiger partial charge in [-0.25, -0.2) is 13.7 Å². The van der Waals surface area contributed by atoms with Crippen LogP contribution in [-0.2, 0) is 9.59 Å². The third-order valence-electron chi connectivity index (χ3n) is 4.41. The predicted molar refractivity (Wildman–Crippen MR) is 77.2 cm³/mol. The Morgan fingerprint density at radius 3 is 2.64 bits per heavy atom. The summed E-state index contributed by atoms with van der Waals surface area (Å²) in [5.41, 5.74) is 0.0986. The van der Waals surface area contributed by atoms with Gasteiger partial charge in [0.15, 0.2) is 11.6 Å². The van der Waals surface area contributed by atoms with Crippen molar-refractivity contribution >= 4 is 17.5 Å². The van der Waals surface area contributed by atoms with E-state index in [0.717, 1.165) is 43.0 Å². The molecule has 0 radical (unpaired) electrons. The van der Waals surface area contributed by atoms with E-state index in [-0.39, 0.29) is 23.9 Å². The van der Waals surface area contributed by atoms with Crippen LogP contribution in [0.4, 0.5) is 14.5 Å². The normalized spacial score (nSPS) is 26.8. The minimum absolute atomic E-state index is 0.0986. The maximum atomic E-state index is 13.4. The molecule has 4 nitrogen and oxygen atoms in total. The fraction of sp³-hybridized carbons (Fsp3) is 0.500. The minimum Gasteiger partial charge on any atom is -0.291 e. The highest BCUT2D eigenvalue weighted by atomic mass is 19.2. The fourth-order valence-electron chi connectivity index (χ4n) is 3.31. The molecular weight excluding hydrogens is 290 g/mol. The van der Waals surface area contributed by atoms with Gasteiger partial charge < -0.3 is 0 Å². The largest absolute Gasteiger partial charge is 0.291 e. The first kappa shape index (κ1) is 15.1. The number of anilines is 1. The van der Waals surface area contributed by atoms with Gasteiger partial charge in [-0.05, 0) is 37.4 Å². The van der Waals surface area contributed by atoms with E-state index >= 15 is 0 Å². The lowest BCUT2D eigenvalue weighted by Crippen LogP contribution is -2.46. The number of imide groups is 1. The first-order chi connectivity index (χ1) is 10.5. The summed E-state index contributed by atoms with van der Waals surface area (Å²) in [7, 11) is 0. The van der Waals surface area contributed by atoms with E-state index in [2.05, 4.69) is 6.92 Å². The van der Waals surface area contributed by atoms with E-state index in [1.807, 2.05) is 4.90 Å². The second-order valence-corrected chi connectivity index (χ2v) is 6.13. The van der Waals surface area contributed by atoms with E-state index < -0.39 is 17.7 Å². The molecule has 0 aromatic heterocycles. The van der Waals surface area contributed by atoms with Crippen molar-refractivity contribution in [1.82, 2.24) is 4.90 Å². The Bertz CT molecular complexity index is 620. The number of hydrogen-bond acceptors (Lipinski definition) is 3. The van der Waals surface area contributed by atoms with Crippen molar-refractivity contribution in [3.05, 3.63) is 29.8 Å².